The number of aryl methyl sites for hydroxylation is 1. The first-order valence-corrected chi connectivity index (χ1v) is 7.15. The topological polar surface area (TPSA) is 55.6 Å². The Morgan fingerprint density at radius 2 is 2.05 bits per heavy atom. The summed E-state index contributed by atoms with van der Waals surface area (Å²) < 4.78 is 7.21. The highest BCUT2D eigenvalue weighted by atomic mass is 16.5. The van der Waals surface area contributed by atoms with Crippen molar-refractivity contribution in [1.29, 1.82) is 0 Å². The fourth-order valence-electron chi connectivity index (χ4n) is 2.19. The van der Waals surface area contributed by atoms with Gasteiger partial charge < -0.3 is 14.5 Å². The smallest absolute Gasteiger partial charge is 0.275 e. The van der Waals surface area contributed by atoms with Crippen LogP contribution in [0.3, 0.4) is 0 Å². The molecule has 0 aliphatic heterocycles. The molecular formula is C17H17N3O2. The first-order valence-electron chi connectivity index (χ1n) is 7.15. The van der Waals surface area contributed by atoms with Gasteiger partial charge in [0.1, 0.15) is 17.1 Å². The second-order valence-electron chi connectivity index (χ2n) is 5.01. The molecule has 22 heavy (non-hydrogen) atoms. The first kappa shape index (κ1) is 14.1. The van der Waals surface area contributed by atoms with E-state index < -0.39 is 0 Å². The molecule has 0 saturated carbocycles. The van der Waals surface area contributed by atoms with Gasteiger partial charge in [0.15, 0.2) is 0 Å². The van der Waals surface area contributed by atoms with E-state index in [1.165, 1.54) is 0 Å². The zero-order valence-corrected chi connectivity index (χ0v) is 12.5. The number of amides is 1. The monoisotopic (exact) mass is 295 g/mol. The number of hydrogen-bond donors (Lipinski definition) is 1. The summed E-state index contributed by atoms with van der Waals surface area (Å²) in [5.74, 6) is 0.550. The summed E-state index contributed by atoms with van der Waals surface area (Å²) in [5.41, 5.74) is 2.97. The summed E-state index contributed by atoms with van der Waals surface area (Å²) in [7, 11) is 0. The highest BCUT2D eigenvalue weighted by Gasteiger charge is 2.11. The van der Waals surface area contributed by atoms with E-state index >= 15 is 0 Å². The van der Waals surface area contributed by atoms with Crippen molar-refractivity contribution < 1.29 is 9.53 Å². The summed E-state index contributed by atoms with van der Waals surface area (Å²) in [4.78, 5) is 16.6. The Bertz CT molecular complexity index is 806. The molecule has 3 aromatic rings. The number of aromatic nitrogens is 2. The van der Waals surface area contributed by atoms with Crippen LogP contribution in [-0.2, 0) is 0 Å². The first-order chi connectivity index (χ1) is 10.7. The molecule has 0 fully saturated rings. The van der Waals surface area contributed by atoms with E-state index in [9.17, 15) is 4.79 Å². The van der Waals surface area contributed by atoms with Gasteiger partial charge in [-0.25, -0.2) is 4.98 Å². The Morgan fingerprint density at radius 3 is 2.77 bits per heavy atom. The maximum atomic E-state index is 12.3. The molecule has 0 unspecified atom stereocenters. The van der Waals surface area contributed by atoms with Crippen LogP contribution in [0.25, 0.3) is 5.65 Å². The SMILES string of the molecule is CCOc1ccc(NC(=O)c2cn3ccc(C)cc3n2)cc1. The number of pyridine rings is 1. The highest BCUT2D eigenvalue weighted by Crippen LogP contribution is 2.16. The summed E-state index contributed by atoms with van der Waals surface area (Å²) in [6, 6.07) is 11.2. The average Bonchev–Trinajstić information content (AvgIpc) is 2.92. The minimum atomic E-state index is -0.231. The second-order valence-corrected chi connectivity index (χ2v) is 5.01. The van der Waals surface area contributed by atoms with Crippen molar-refractivity contribution in [2.45, 2.75) is 13.8 Å². The molecule has 1 amide bonds. The van der Waals surface area contributed by atoms with Crippen molar-refractivity contribution in [3.05, 3.63) is 60.0 Å². The number of anilines is 1. The van der Waals surface area contributed by atoms with Gasteiger partial charge in [-0.15, -0.1) is 0 Å². The van der Waals surface area contributed by atoms with Crippen LogP contribution in [0, 0.1) is 6.92 Å². The maximum absolute atomic E-state index is 12.3. The number of hydrogen-bond acceptors (Lipinski definition) is 3. The molecule has 0 saturated heterocycles. The van der Waals surface area contributed by atoms with E-state index in [4.69, 9.17) is 4.74 Å². The van der Waals surface area contributed by atoms with Gasteiger partial charge in [0.25, 0.3) is 5.91 Å². The Morgan fingerprint density at radius 1 is 1.27 bits per heavy atom. The molecule has 0 spiro atoms. The minimum absolute atomic E-state index is 0.231. The average molecular weight is 295 g/mol. The Kier molecular flexibility index (Phi) is 3.78. The molecule has 3 rings (SSSR count). The highest BCUT2D eigenvalue weighted by molar-refractivity contribution is 6.03. The molecule has 0 radical (unpaired) electrons. The van der Waals surface area contributed by atoms with Crippen LogP contribution in [0.2, 0.25) is 0 Å². The van der Waals surface area contributed by atoms with Gasteiger partial charge in [-0.3, -0.25) is 4.79 Å². The summed E-state index contributed by atoms with van der Waals surface area (Å²) in [5, 5.41) is 2.83. The number of nitrogens with zero attached hydrogens (tertiary/aromatic N) is 2. The molecule has 1 aromatic carbocycles. The number of carbonyl (C=O) groups excluding carboxylic acids is 1. The van der Waals surface area contributed by atoms with Crippen LogP contribution in [0.1, 0.15) is 23.0 Å². The normalized spacial score (nSPS) is 10.6. The van der Waals surface area contributed by atoms with Gasteiger partial charge >= 0.3 is 0 Å². The summed E-state index contributed by atoms with van der Waals surface area (Å²) in [6.45, 7) is 4.54. The summed E-state index contributed by atoms with van der Waals surface area (Å²) in [6.07, 6.45) is 3.62. The lowest BCUT2D eigenvalue weighted by atomic mass is 10.3. The van der Waals surface area contributed by atoms with E-state index in [0.29, 0.717) is 18.0 Å². The van der Waals surface area contributed by atoms with E-state index in [1.54, 1.807) is 6.20 Å². The lowest BCUT2D eigenvalue weighted by Gasteiger charge is -2.05. The van der Waals surface area contributed by atoms with E-state index in [-0.39, 0.29) is 5.91 Å². The van der Waals surface area contributed by atoms with Crippen LogP contribution in [0.5, 0.6) is 5.75 Å². The van der Waals surface area contributed by atoms with Crippen LogP contribution in [0.4, 0.5) is 5.69 Å². The molecule has 0 bridgehead atoms. The molecule has 0 aliphatic rings. The van der Waals surface area contributed by atoms with Crippen molar-refractivity contribution >= 4 is 17.2 Å². The third-order valence-electron chi connectivity index (χ3n) is 3.27. The number of imidazole rings is 1. The van der Waals surface area contributed by atoms with Crippen molar-refractivity contribution in [2.75, 3.05) is 11.9 Å². The summed E-state index contributed by atoms with van der Waals surface area (Å²) >= 11 is 0. The van der Waals surface area contributed by atoms with Crippen molar-refractivity contribution in [3.63, 3.8) is 0 Å². The van der Waals surface area contributed by atoms with Crippen LogP contribution in [-0.4, -0.2) is 21.9 Å². The largest absolute Gasteiger partial charge is 0.494 e. The molecule has 112 valence electrons. The molecule has 2 aromatic heterocycles. The van der Waals surface area contributed by atoms with Crippen LogP contribution >= 0.6 is 0 Å². The number of benzene rings is 1. The Hall–Kier alpha value is -2.82. The molecule has 0 atom stereocenters. The molecular weight excluding hydrogens is 278 g/mol. The van der Waals surface area contributed by atoms with Gasteiger partial charge in [-0.05, 0) is 55.8 Å². The predicted octanol–water partition coefficient (Wildman–Crippen LogP) is 3.29. The Balaban J connectivity index is 1.77. The standard InChI is InChI=1S/C17H17N3O2/c1-3-22-14-6-4-13(5-7-14)18-17(21)15-11-20-9-8-12(2)10-16(20)19-15/h4-11H,3H2,1-2H3,(H,18,21). The van der Waals surface area contributed by atoms with Gasteiger partial charge in [0.2, 0.25) is 0 Å². The van der Waals surface area contributed by atoms with E-state index in [0.717, 1.165) is 17.0 Å². The van der Waals surface area contributed by atoms with Crippen LogP contribution < -0.4 is 10.1 Å². The third kappa shape index (κ3) is 2.93. The number of rotatable bonds is 4. The fraction of sp³-hybridized carbons (Fsp3) is 0.176. The molecule has 1 N–H and O–H groups in total. The number of fused-ring (bicyclic) bond motifs is 1. The maximum Gasteiger partial charge on any atom is 0.275 e. The predicted molar refractivity (Wildman–Crippen MR) is 85.5 cm³/mol. The third-order valence-corrected chi connectivity index (χ3v) is 3.27. The minimum Gasteiger partial charge on any atom is -0.494 e. The quantitative estimate of drug-likeness (QED) is 0.803. The number of nitrogens with one attached hydrogen (secondary N) is 1. The van der Waals surface area contributed by atoms with E-state index in [1.807, 2.05) is 60.8 Å². The van der Waals surface area contributed by atoms with Gasteiger partial charge in [0, 0.05) is 18.1 Å². The number of ether oxygens (including phenoxy) is 1. The zero-order chi connectivity index (χ0) is 15.5. The van der Waals surface area contributed by atoms with Gasteiger partial charge in [-0.2, -0.15) is 0 Å². The molecule has 0 aliphatic carbocycles. The lowest BCUT2D eigenvalue weighted by Crippen LogP contribution is -2.12. The van der Waals surface area contributed by atoms with Gasteiger partial charge in [0.05, 0.1) is 6.61 Å². The van der Waals surface area contributed by atoms with Crippen molar-refractivity contribution in [2.24, 2.45) is 0 Å². The fourth-order valence-corrected chi connectivity index (χ4v) is 2.19. The Labute approximate surface area is 128 Å². The number of carbonyl (C=O) groups is 1. The zero-order valence-electron chi connectivity index (χ0n) is 12.5. The molecule has 5 heteroatoms. The molecule has 2 heterocycles. The van der Waals surface area contributed by atoms with Crippen LogP contribution in [0.15, 0.2) is 48.8 Å². The second kappa shape index (κ2) is 5.89. The lowest BCUT2D eigenvalue weighted by molar-refractivity contribution is 0.102. The van der Waals surface area contributed by atoms with Gasteiger partial charge in [-0.1, -0.05) is 0 Å². The van der Waals surface area contributed by atoms with Crippen molar-refractivity contribution in [3.8, 4) is 5.75 Å². The van der Waals surface area contributed by atoms with Crippen molar-refractivity contribution in [1.82, 2.24) is 9.38 Å². The molecule has 5 nitrogen and oxygen atoms in total. The van der Waals surface area contributed by atoms with E-state index in [2.05, 4.69) is 10.3 Å².